The van der Waals surface area contributed by atoms with Gasteiger partial charge in [-0.2, -0.15) is 0 Å². The molecule has 0 radical (unpaired) electrons. The van der Waals surface area contributed by atoms with Gasteiger partial charge in [-0.3, -0.25) is 9.89 Å². The van der Waals surface area contributed by atoms with E-state index >= 15 is 0 Å². The van der Waals surface area contributed by atoms with Crippen LogP contribution >= 0.6 is 35.3 Å². The van der Waals surface area contributed by atoms with Crippen LogP contribution in [0.2, 0.25) is 0 Å². The first kappa shape index (κ1) is 24.8. The van der Waals surface area contributed by atoms with Gasteiger partial charge in [0.05, 0.1) is 12.2 Å². The monoisotopic (exact) mass is 515 g/mol. The molecule has 0 amide bonds. The summed E-state index contributed by atoms with van der Waals surface area (Å²) in [6, 6.07) is 11.1. The summed E-state index contributed by atoms with van der Waals surface area (Å²) in [5.74, 6) is 0.825. The summed E-state index contributed by atoms with van der Waals surface area (Å²) in [6.07, 6.45) is 1.03. The highest BCUT2D eigenvalue weighted by molar-refractivity contribution is 14.0. The number of aryl methyl sites for hydroxylation is 2. The molecule has 0 aliphatic heterocycles. The van der Waals surface area contributed by atoms with Crippen molar-refractivity contribution in [2.45, 2.75) is 46.7 Å². The van der Waals surface area contributed by atoms with E-state index in [1.54, 1.807) is 11.3 Å². The summed E-state index contributed by atoms with van der Waals surface area (Å²) in [7, 11) is 1.82. The number of likely N-dealkylation sites (N-methyl/N-ethyl adjacent to an activating group) is 1. The second-order valence-corrected chi connectivity index (χ2v) is 7.91. The molecular weight excluding hydrogens is 481 g/mol. The van der Waals surface area contributed by atoms with E-state index < -0.39 is 0 Å². The third-order valence-corrected chi connectivity index (χ3v) is 5.92. The molecule has 2 aromatic rings. The molecule has 7 heteroatoms. The molecular formula is C21H34IN5S. The summed E-state index contributed by atoms with van der Waals surface area (Å²) in [6.45, 7) is 12.3. The van der Waals surface area contributed by atoms with Crippen molar-refractivity contribution < 1.29 is 0 Å². The van der Waals surface area contributed by atoms with E-state index in [2.05, 4.69) is 83.5 Å². The van der Waals surface area contributed by atoms with Gasteiger partial charge in [-0.05, 0) is 38.9 Å². The molecule has 28 heavy (non-hydrogen) atoms. The van der Waals surface area contributed by atoms with Crippen LogP contribution in [-0.4, -0.2) is 48.6 Å². The zero-order valence-electron chi connectivity index (χ0n) is 17.7. The van der Waals surface area contributed by atoms with E-state index in [4.69, 9.17) is 0 Å². The average Bonchev–Trinajstić information content (AvgIpc) is 3.01. The van der Waals surface area contributed by atoms with E-state index in [0.29, 0.717) is 12.6 Å². The summed E-state index contributed by atoms with van der Waals surface area (Å²) < 4.78 is 0. The van der Waals surface area contributed by atoms with E-state index in [9.17, 15) is 0 Å². The number of hydrogen-bond donors (Lipinski definition) is 2. The zero-order valence-corrected chi connectivity index (χ0v) is 20.8. The van der Waals surface area contributed by atoms with Crippen LogP contribution in [0.15, 0.2) is 35.3 Å². The van der Waals surface area contributed by atoms with Crippen molar-refractivity contribution in [3.63, 3.8) is 0 Å². The molecule has 0 aliphatic carbocycles. The molecule has 1 heterocycles. The Morgan fingerprint density at radius 1 is 1.14 bits per heavy atom. The van der Waals surface area contributed by atoms with Crippen LogP contribution in [0.4, 0.5) is 0 Å². The van der Waals surface area contributed by atoms with Crippen LogP contribution in [0.1, 0.15) is 35.0 Å². The van der Waals surface area contributed by atoms with Crippen LogP contribution in [0, 0.1) is 13.8 Å². The molecule has 1 aromatic carbocycles. The second kappa shape index (κ2) is 13.1. The van der Waals surface area contributed by atoms with Gasteiger partial charge in [-0.15, -0.1) is 35.3 Å². The van der Waals surface area contributed by atoms with Crippen LogP contribution in [0.3, 0.4) is 0 Å². The highest BCUT2D eigenvalue weighted by Gasteiger charge is 2.17. The minimum Gasteiger partial charge on any atom is -0.355 e. The Bertz CT molecular complexity index is 693. The lowest BCUT2D eigenvalue weighted by molar-refractivity contribution is 0.215. The van der Waals surface area contributed by atoms with Crippen molar-refractivity contribution >= 4 is 41.3 Å². The SMILES string of the molecule is CCN(CC)C(CNC(=NC)NCc1nc(C)c(C)s1)Cc1ccccc1.I. The maximum Gasteiger partial charge on any atom is 0.191 e. The molecule has 0 spiro atoms. The zero-order chi connectivity index (χ0) is 19.6. The number of aromatic nitrogens is 1. The molecule has 0 fully saturated rings. The summed E-state index contributed by atoms with van der Waals surface area (Å²) in [4.78, 5) is 12.7. The number of thiazole rings is 1. The highest BCUT2D eigenvalue weighted by Crippen LogP contribution is 2.15. The number of guanidine groups is 1. The third kappa shape index (κ3) is 7.67. The number of nitrogens with one attached hydrogen (secondary N) is 2. The molecule has 2 N–H and O–H groups in total. The topological polar surface area (TPSA) is 52.5 Å². The second-order valence-electron chi connectivity index (χ2n) is 6.62. The van der Waals surface area contributed by atoms with Gasteiger partial charge in [0.1, 0.15) is 5.01 Å². The van der Waals surface area contributed by atoms with Crippen LogP contribution < -0.4 is 10.6 Å². The maximum atomic E-state index is 4.59. The van der Waals surface area contributed by atoms with Crippen molar-refractivity contribution in [1.29, 1.82) is 0 Å². The number of halogens is 1. The van der Waals surface area contributed by atoms with Crippen molar-refractivity contribution in [2.75, 3.05) is 26.7 Å². The van der Waals surface area contributed by atoms with E-state index in [-0.39, 0.29) is 24.0 Å². The lowest BCUT2D eigenvalue weighted by Crippen LogP contribution is -2.48. The molecule has 156 valence electrons. The molecule has 0 bridgehead atoms. The first-order valence-electron chi connectivity index (χ1n) is 9.72. The molecule has 0 saturated heterocycles. The predicted octanol–water partition coefficient (Wildman–Crippen LogP) is 4.00. The van der Waals surface area contributed by atoms with Crippen molar-refractivity contribution in [3.8, 4) is 0 Å². The average molecular weight is 516 g/mol. The molecule has 2 rings (SSSR count). The molecule has 1 unspecified atom stereocenters. The van der Waals surface area contributed by atoms with E-state index in [1.807, 2.05) is 7.05 Å². The quantitative estimate of drug-likeness (QED) is 0.301. The minimum atomic E-state index is 0. The van der Waals surface area contributed by atoms with Crippen LogP contribution in [0.25, 0.3) is 0 Å². The Labute approximate surface area is 191 Å². The van der Waals surface area contributed by atoms with Crippen LogP contribution in [0.5, 0.6) is 0 Å². The van der Waals surface area contributed by atoms with Gasteiger partial charge in [0.15, 0.2) is 5.96 Å². The van der Waals surface area contributed by atoms with E-state index in [0.717, 1.165) is 42.7 Å². The van der Waals surface area contributed by atoms with Gasteiger partial charge in [0, 0.05) is 24.5 Å². The molecule has 0 saturated carbocycles. The standard InChI is InChI=1S/C21H33N5S.HI/c1-6-26(7-2)19(13-18-11-9-8-10-12-18)14-23-21(22-5)24-15-20-25-16(3)17(4)27-20;/h8-12,19H,6-7,13-15H2,1-5H3,(H2,22,23,24);1H. The number of rotatable bonds is 9. The Morgan fingerprint density at radius 2 is 1.82 bits per heavy atom. The minimum absolute atomic E-state index is 0. The summed E-state index contributed by atoms with van der Waals surface area (Å²) in [5, 5.41) is 7.99. The predicted molar refractivity (Wildman–Crippen MR) is 132 cm³/mol. The molecule has 1 aromatic heterocycles. The van der Waals surface area contributed by atoms with Gasteiger partial charge >= 0.3 is 0 Å². The lowest BCUT2D eigenvalue weighted by Gasteiger charge is -2.30. The molecule has 5 nitrogen and oxygen atoms in total. The largest absolute Gasteiger partial charge is 0.355 e. The van der Waals surface area contributed by atoms with E-state index in [1.165, 1.54) is 10.4 Å². The Morgan fingerprint density at radius 3 is 2.36 bits per heavy atom. The fourth-order valence-electron chi connectivity index (χ4n) is 3.17. The summed E-state index contributed by atoms with van der Waals surface area (Å²) >= 11 is 1.74. The van der Waals surface area contributed by atoms with Gasteiger partial charge in [-0.1, -0.05) is 44.2 Å². The number of aliphatic imine (C=N–C) groups is 1. The molecule has 0 aliphatic rings. The first-order chi connectivity index (χ1) is 13.1. The number of nitrogens with zero attached hydrogens (tertiary/aromatic N) is 3. The number of benzene rings is 1. The Hall–Kier alpha value is -1.19. The highest BCUT2D eigenvalue weighted by atomic mass is 127. The van der Waals surface area contributed by atoms with Crippen molar-refractivity contribution in [1.82, 2.24) is 20.5 Å². The fourth-order valence-corrected chi connectivity index (χ4v) is 4.04. The molecule has 1 atom stereocenters. The lowest BCUT2D eigenvalue weighted by atomic mass is 10.0. The van der Waals surface area contributed by atoms with Crippen LogP contribution in [-0.2, 0) is 13.0 Å². The normalized spacial score (nSPS) is 12.6. The number of hydrogen-bond acceptors (Lipinski definition) is 4. The van der Waals surface area contributed by atoms with Gasteiger partial charge in [-0.25, -0.2) is 4.98 Å². The van der Waals surface area contributed by atoms with Gasteiger partial charge in [0.25, 0.3) is 0 Å². The van der Waals surface area contributed by atoms with Crippen molar-refractivity contribution in [2.24, 2.45) is 4.99 Å². The first-order valence-corrected chi connectivity index (χ1v) is 10.5. The smallest absolute Gasteiger partial charge is 0.191 e. The van der Waals surface area contributed by atoms with Gasteiger partial charge < -0.3 is 10.6 Å². The van der Waals surface area contributed by atoms with Crippen molar-refractivity contribution in [3.05, 3.63) is 51.5 Å². The Balaban J connectivity index is 0.00000392. The third-order valence-electron chi connectivity index (χ3n) is 4.85. The fraction of sp³-hybridized carbons (Fsp3) is 0.524. The maximum absolute atomic E-state index is 4.59. The summed E-state index contributed by atoms with van der Waals surface area (Å²) in [5.41, 5.74) is 2.48. The Kier molecular flexibility index (Phi) is 11.6. The van der Waals surface area contributed by atoms with Gasteiger partial charge in [0.2, 0.25) is 0 Å².